The van der Waals surface area contributed by atoms with Crippen LogP contribution in [0.25, 0.3) is 0 Å². The number of allylic oxidation sites excluding steroid dienone is 2. The molecule has 6 heteroatoms. The van der Waals surface area contributed by atoms with Gasteiger partial charge in [0.25, 0.3) is 0 Å². The number of esters is 1. The van der Waals surface area contributed by atoms with Gasteiger partial charge in [0.05, 0.1) is 12.1 Å². The van der Waals surface area contributed by atoms with Crippen molar-refractivity contribution in [3.8, 4) is 0 Å². The number of hydrogen-bond acceptors (Lipinski definition) is 4. The topological polar surface area (TPSA) is 72.6 Å². The molecule has 1 aliphatic heterocycles. The molecule has 0 fully saturated rings. The minimum Gasteiger partial charge on any atom is -0.444 e. The van der Waals surface area contributed by atoms with Gasteiger partial charge >= 0.3 is 5.97 Å². The molecular weight excluding hydrogens is 408 g/mol. The number of unbranched alkanes of at least 4 members (excludes halogenated alkanes) is 10. The number of halogens is 1. The first kappa shape index (κ1) is 23.7. The number of nitrogens with zero attached hydrogens (tertiary/aromatic N) is 1. The molecule has 0 aliphatic carbocycles. The largest absolute Gasteiger partial charge is 0.444 e. The Balaban J connectivity index is 1.98. The molecule has 0 saturated heterocycles. The van der Waals surface area contributed by atoms with E-state index in [2.05, 4.69) is 22.9 Å². The smallest absolute Gasteiger partial charge is 0.307 e. The van der Waals surface area contributed by atoms with Crippen LogP contribution in [0.15, 0.2) is 22.3 Å². The summed E-state index contributed by atoms with van der Waals surface area (Å²) in [6.45, 7) is 2.74. The van der Waals surface area contributed by atoms with Crippen molar-refractivity contribution in [3.05, 3.63) is 22.3 Å². The predicted octanol–water partition coefficient (Wildman–Crippen LogP) is 5.15. The summed E-state index contributed by atoms with van der Waals surface area (Å²) in [6.07, 6.45) is 17.8. The van der Waals surface area contributed by atoms with Gasteiger partial charge in [-0.05, 0) is 12.5 Å². The fraction of sp³-hybridized carbons (Fsp3) is 0.714. The van der Waals surface area contributed by atoms with E-state index < -0.39 is 5.91 Å². The Labute approximate surface area is 172 Å². The lowest BCUT2D eigenvalue weighted by atomic mass is 10.1. The van der Waals surface area contributed by atoms with Gasteiger partial charge in [-0.15, -0.1) is 0 Å². The quantitative estimate of drug-likeness (QED) is 0.281. The van der Waals surface area contributed by atoms with Crippen molar-refractivity contribution >= 4 is 27.8 Å². The van der Waals surface area contributed by atoms with Crippen molar-refractivity contribution in [2.75, 3.05) is 13.3 Å². The van der Waals surface area contributed by atoms with Crippen molar-refractivity contribution in [2.24, 2.45) is 5.73 Å². The van der Waals surface area contributed by atoms with E-state index in [1.54, 1.807) is 17.2 Å². The first-order valence-corrected chi connectivity index (χ1v) is 11.1. The van der Waals surface area contributed by atoms with Crippen LogP contribution >= 0.6 is 15.9 Å². The summed E-state index contributed by atoms with van der Waals surface area (Å²) in [4.78, 5) is 24.9. The molecule has 2 N–H and O–H groups in total. The molecular formula is C21H35BrN2O3. The second kappa shape index (κ2) is 14.7. The second-order valence-corrected chi connectivity index (χ2v) is 8.04. The van der Waals surface area contributed by atoms with E-state index in [1.807, 2.05) is 0 Å². The zero-order chi connectivity index (χ0) is 19.9. The van der Waals surface area contributed by atoms with Gasteiger partial charge in [0, 0.05) is 17.1 Å². The van der Waals surface area contributed by atoms with E-state index in [0.29, 0.717) is 23.0 Å². The molecule has 0 aromatic heterocycles. The van der Waals surface area contributed by atoms with Gasteiger partial charge in [-0.25, -0.2) is 0 Å². The van der Waals surface area contributed by atoms with Gasteiger partial charge < -0.3 is 15.4 Å². The van der Waals surface area contributed by atoms with Crippen LogP contribution in [-0.2, 0) is 14.3 Å². The molecule has 0 aromatic carbocycles. The van der Waals surface area contributed by atoms with Gasteiger partial charge in [0.2, 0.25) is 5.91 Å². The van der Waals surface area contributed by atoms with Crippen LogP contribution in [0.5, 0.6) is 0 Å². The number of carbonyl (C=O) groups is 2. The van der Waals surface area contributed by atoms with Crippen molar-refractivity contribution in [1.29, 1.82) is 0 Å². The average molecular weight is 443 g/mol. The Hall–Kier alpha value is -1.30. The third-order valence-corrected chi connectivity index (χ3v) is 5.50. The molecule has 1 heterocycles. The first-order chi connectivity index (χ1) is 13.0. The van der Waals surface area contributed by atoms with Gasteiger partial charge in [-0.3, -0.25) is 9.59 Å². The Morgan fingerprint density at radius 1 is 1.04 bits per heavy atom. The van der Waals surface area contributed by atoms with Crippen molar-refractivity contribution in [3.63, 3.8) is 0 Å². The number of nitrogens with two attached hydrogens (primary N) is 1. The number of hydrogen-bond donors (Lipinski definition) is 1. The molecule has 0 spiro atoms. The molecule has 154 valence electrons. The fourth-order valence-corrected chi connectivity index (χ4v) is 3.49. The summed E-state index contributed by atoms with van der Waals surface area (Å²) in [7, 11) is 0. The van der Waals surface area contributed by atoms with Crippen LogP contribution in [0.4, 0.5) is 0 Å². The number of amides is 1. The molecule has 0 radical (unpaired) electrons. The van der Waals surface area contributed by atoms with E-state index in [4.69, 9.17) is 10.5 Å². The minimum absolute atomic E-state index is 0.143. The standard InChI is InChI=1S/C21H35BrN2O3/c1-2-3-4-5-6-7-8-9-10-11-12-13-20(25)27-17-24-15-14-19(22)18(16-24)21(23)26/h14-15H,2-13,16-17H2,1H3,(H2,23,26). The molecule has 1 rings (SSSR count). The summed E-state index contributed by atoms with van der Waals surface area (Å²) in [5.74, 6) is -0.655. The zero-order valence-corrected chi connectivity index (χ0v) is 18.3. The highest BCUT2D eigenvalue weighted by Gasteiger charge is 2.17. The van der Waals surface area contributed by atoms with Crippen LogP contribution < -0.4 is 5.73 Å². The Morgan fingerprint density at radius 2 is 1.59 bits per heavy atom. The van der Waals surface area contributed by atoms with Crippen LogP contribution in [0.2, 0.25) is 0 Å². The van der Waals surface area contributed by atoms with Crippen LogP contribution in [0, 0.1) is 0 Å². The van der Waals surface area contributed by atoms with Gasteiger partial charge in [0.15, 0.2) is 6.73 Å². The summed E-state index contributed by atoms with van der Waals surface area (Å²) in [5.41, 5.74) is 5.82. The maximum Gasteiger partial charge on any atom is 0.307 e. The Bertz CT molecular complexity index is 518. The number of rotatable bonds is 15. The lowest BCUT2D eigenvalue weighted by Crippen LogP contribution is -2.31. The summed E-state index contributed by atoms with van der Waals surface area (Å²) in [6, 6.07) is 0. The predicted molar refractivity (Wildman–Crippen MR) is 113 cm³/mol. The van der Waals surface area contributed by atoms with E-state index >= 15 is 0 Å². The molecule has 5 nitrogen and oxygen atoms in total. The van der Waals surface area contributed by atoms with Gasteiger partial charge in [-0.1, -0.05) is 87.1 Å². The first-order valence-electron chi connectivity index (χ1n) is 10.3. The Kier molecular flexibility index (Phi) is 12.9. The molecule has 1 amide bonds. The van der Waals surface area contributed by atoms with Crippen molar-refractivity contribution in [2.45, 2.75) is 84.0 Å². The lowest BCUT2D eigenvalue weighted by Gasteiger charge is -2.24. The summed E-state index contributed by atoms with van der Waals surface area (Å²) < 4.78 is 5.96. The molecule has 0 atom stereocenters. The molecule has 0 saturated carbocycles. The van der Waals surface area contributed by atoms with E-state index in [0.717, 1.165) is 12.8 Å². The monoisotopic (exact) mass is 442 g/mol. The number of carbonyl (C=O) groups excluding carboxylic acids is 2. The number of primary amides is 1. The van der Waals surface area contributed by atoms with Crippen LogP contribution in [-0.4, -0.2) is 30.1 Å². The Morgan fingerprint density at radius 3 is 2.15 bits per heavy atom. The average Bonchev–Trinajstić information content (AvgIpc) is 2.65. The van der Waals surface area contributed by atoms with Crippen molar-refractivity contribution in [1.82, 2.24) is 4.90 Å². The molecule has 1 aliphatic rings. The SMILES string of the molecule is CCCCCCCCCCCCCC(=O)OCN1C=CC(Br)=C(C(N)=O)C1. The fourth-order valence-electron chi connectivity index (χ4n) is 3.05. The maximum atomic E-state index is 11.8. The summed E-state index contributed by atoms with van der Waals surface area (Å²) >= 11 is 3.30. The zero-order valence-electron chi connectivity index (χ0n) is 16.7. The van der Waals surface area contributed by atoms with E-state index in [-0.39, 0.29) is 12.7 Å². The second-order valence-electron chi connectivity index (χ2n) is 7.18. The van der Waals surface area contributed by atoms with E-state index in [9.17, 15) is 9.59 Å². The lowest BCUT2D eigenvalue weighted by molar-refractivity contribution is -0.147. The highest BCUT2D eigenvalue weighted by molar-refractivity contribution is 9.12. The highest BCUT2D eigenvalue weighted by atomic mass is 79.9. The van der Waals surface area contributed by atoms with Crippen LogP contribution in [0.3, 0.4) is 0 Å². The van der Waals surface area contributed by atoms with Crippen LogP contribution in [0.1, 0.15) is 84.0 Å². The highest BCUT2D eigenvalue weighted by Crippen LogP contribution is 2.20. The third kappa shape index (κ3) is 11.2. The van der Waals surface area contributed by atoms with Gasteiger partial charge in [-0.2, -0.15) is 0 Å². The third-order valence-electron chi connectivity index (χ3n) is 4.75. The maximum absolute atomic E-state index is 11.8. The summed E-state index contributed by atoms with van der Waals surface area (Å²) in [5, 5.41) is 0. The molecule has 27 heavy (non-hydrogen) atoms. The van der Waals surface area contributed by atoms with E-state index in [1.165, 1.54) is 57.8 Å². The van der Waals surface area contributed by atoms with Gasteiger partial charge in [0.1, 0.15) is 0 Å². The molecule has 0 unspecified atom stereocenters. The van der Waals surface area contributed by atoms with Crippen molar-refractivity contribution < 1.29 is 14.3 Å². The normalized spacial score (nSPS) is 13.9. The molecule has 0 aromatic rings. The number of ether oxygens (including phenoxy) is 1. The minimum atomic E-state index is -0.469. The molecule has 0 bridgehead atoms.